The van der Waals surface area contributed by atoms with Gasteiger partial charge in [-0.1, -0.05) is 11.8 Å². The Bertz CT molecular complexity index is 882. The molecule has 2 atom stereocenters. The number of nitrogens with zero attached hydrogens (tertiary/aromatic N) is 5. The second kappa shape index (κ2) is 8.81. The molecule has 2 aliphatic rings. The van der Waals surface area contributed by atoms with Gasteiger partial charge in [0.05, 0.1) is 6.54 Å². The highest BCUT2D eigenvalue weighted by molar-refractivity contribution is 8.01. The van der Waals surface area contributed by atoms with Crippen LogP contribution in [0.15, 0.2) is 16.4 Å². The van der Waals surface area contributed by atoms with Gasteiger partial charge in [-0.15, -0.1) is 16.9 Å². The van der Waals surface area contributed by atoms with Gasteiger partial charge in [-0.05, 0) is 36.8 Å². The summed E-state index contributed by atoms with van der Waals surface area (Å²) in [5.41, 5.74) is 5.76. The summed E-state index contributed by atoms with van der Waals surface area (Å²) in [6.07, 6.45) is -0.535. The van der Waals surface area contributed by atoms with Gasteiger partial charge in [-0.25, -0.2) is 14.3 Å². The number of carbonyl (C=O) groups is 3. The predicted molar refractivity (Wildman–Crippen MR) is 109 cm³/mol. The highest BCUT2D eigenvalue weighted by Crippen LogP contribution is 2.40. The number of amides is 2. The number of β-lactam (4-membered cyclic amide) rings is 1. The van der Waals surface area contributed by atoms with E-state index in [0.29, 0.717) is 28.8 Å². The van der Waals surface area contributed by atoms with Crippen molar-refractivity contribution in [1.82, 2.24) is 30.4 Å². The number of hydrogen-bond acceptors (Lipinski definition) is 10. The molecular weight excluding hydrogens is 434 g/mol. The first kappa shape index (κ1) is 22.4. The molecule has 1 aromatic rings. The Morgan fingerprint density at radius 1 is 1.43 bits per heavy atom. The Morgan fingerprint density at radius 3 is 2.83 bits per heavy atom. The number of rotatable bonds is 7. The van der Waals surface area contributed by atoms with E-state index in [4.69, 9.17) is 10.5 Å². The van der Waals surface area contributed by atoms with E-state index in [0.717, 1.165) is 0 Å². The molecule has 12 nitrogen and oxygen atoms in total. The number of thioether (sulfide) groups is 2. The number of fused-ring (bicyclic) bond motifs is 1. The number of nitrogens with two attached hydrogens (primary N) is 1. The molecule has 0 saturated carbocycles. The third kappa shape index (κ3) is 4.87. The lowest BCUT2D eigenvalue weighted by atomic mass is 10.0. The molecule has 2 aliphatic heterocycles. The minimum atomic E-state index is -1.16. The minimum absolute atomic E-state index is 0.0106. The van der Waals surface area contributed by atoms with Crippen molar-refractivity contribution in [2.24, 2.45) is 5.73 Å². The van der Waals surface area contributed by atoms with E-state index in [9.17, 15) is 19.5 Å². The normalized spacial score (nSPS) is 21.2. The van der Waals surface area contributed by atoms with E-state index < -0.39 is 23.7 Å². The van der Waals surface area contributed by atoms with Crippen molar-refractivity contribution in [3.63, 3.8) is 0 Å². The lowest BCUT2D eigenvalue weighted by Gasteiger charge is -2.48. The lowest BCUT2D eigenvalue weighted by Crippen LogP contribution is -2.68. The molecule has 1 aromatic heterocycles. The predicted octanol–water partition coefficient (Wildman–Crippen LogP) is -0.129. The van der Waals surface area contributed by atoms with E-state index in [1.807, 2.05) is 0 Å². The highest BCUT2D eigenvalue weighted by Gasteiger charge is 2.51. The monoisotopic (exact) mass is 457 g/mol. The van der Waals surface area contributed by atoms with Gasteiger partial charge < -0.3 is 20.9 Å². The molecule has 2 amide bonds. The molecule has 30 heavy (non-hydrogen) atoms. The summed E-state index contributed by atoms with van der Waals surface area (Å²) in [6.45, 7) is 5.89. The van der Waals surface area contributed by atoms with Crippen LogP contribution in [0.25, 0.3) is 0 Å². The minimum Gasteiger partial charge on any atom is -0.477 e. The zero-order valence-corrected chi connectivity index (χ0v) is 18.3. The van der Waals surface area contributed by atoms with Crippen molar-refractivity contribution in [3.8, 4) is 0 Å². The van der Waals surface area contributed by atoms with Crippen LogP contribution in [0, 0.1) is 0 Å². The van der Waals surface area contributed by atoms with Gasteiger partial charge in [0.25, 0.3) is 0 Å². The molecule has 3 heterocycles. The number of aromatic nitrogens is 4. The van der Waals surface area contributed by atoms with Crippen molar-refractivity contribution in [2.45, 2.75) is 49.5 Å². The molecule has 0 bridgehead atoms. The lowest BCUT2D eigenvalue weighted by molar-refractivity contribution is -0.147. The van der Waals surface area contributed by atoms with Crippen molar-refractivity contribution in [2.75, 3.05) is 18.1 Å². The van der Waals surface area contributed by atoms with E-state index >= 15 is 0 Å². The van der Waals surface area contributed by atoms with E-state index in [2.05, 4.69) is 20.8 Å². The van der Waals surface area contributed by atoms with Crippen LogP contribution in [0.4, 0.5) is 4.79 Å². The molecule has 1 unspecified atom stereocenters. The molecule has 1 saturated heterocycles. The fraction of sp³-hybridized carbons (Fsp3) is 0.625. The Kier molecular flexibility index (Phi) is 6.57. The number of hydrogen-bond donors (Lipinski definition) is 3. The highest BCUT2D eigenvalue weighted by atomic mass is 32.2. The molecule has 1 fully saturated rings. The molecule has 4 N–H and O–H groups in total. The van der Waals surface area contributed by atoms with Gasteiger partial charge in [-0.3, -0.25) is 9.69 Å². The van der Waals surface area contributed by atoms with E-state index in [-0.39, 0.29) is 23.5 Å². The van der Waals surface area contributed by atoms with Crippen molar-refractivity contribution in [3.05, 3.63) is 11.3 Å². The maximum absolute atomic E-state index is 12.0. The molecule has 0 aromatic carbocycles. The van der Waals surface area contributed by atoms with Crippen LogP contribution < -0.4 is 11.1 Å². The molecule has 14 heteroatoms. The fourth-order valence-electron chi connectivity index (χ4n) is 2.86. The second-order valence-corrected chi connectivity index (χ2v) is 9.64. The smallest absolute Gasteiger partial charge is 0.407 e. The van der Waals surface area contributed by atoms with Gasteiger partial charge in [0.15, 0.2) is 0 Å². The molecule has 0 radical (unpaired) electrons. The maximum Gasteiger partial charge on any atom is 0.407 e. The summed E-state index contributed by atoms with van der Waals surface area (Å²) in [4.78, 5) is 36.7. The largest absolute Gasteiger partial charge is 0.477 e. The van der Waals surface area contributed by atoms with Crippen LogP contribution in [0.3, 0.4) is 0 Å². The van der Waals surface area contributed by atoms with Crippen molar-refractivity contribution < 1.29 is 24.2 Å². The van der Waals surface area contributed by atoms with E-state index in [1.54, 1.807) is 20.8 Å². The van der Waals surface area contributed by atoms with Crippen LogP contribution >= 0.6 is 23.5 Å². The molecule has 0 aliphatic carbocycles. The number of ether oxygens (including phenoxy) is 1. The summed E-state index contributed by atoms with van der Waals surface area (Å²) >= 11 is 2.70. The number of carboxylic acids is 1. The summed E-state index contributed by atoms with van der Waals surface area (Å²) in [5.74, 6) is -0.777. The average molecular weight is 458 g/mol. The average Bonchev–Trinajstić information content (AvgIpc) is 3.10. The number of nitrogens with one attached hydrogen (secondary N) is 1. The van der Waals surface area contributed by atoms with Crippen molar-refractivity contribution >= 4 is 41.5 Å². The first-order valence-corrected chi connectivity index (χ1v) is 11.1. The summed E-state index contributed by atoms with van der Waals surface area (Å²) in [6, 6.07) is -0.664. The Morgan fingerprint density at radius 2 is 2.17 bits per heavy atom. The fourth-order valence-corrected chi connectivity index (χ4v) is 5.20. The number of carboxylic acid groups (broad SMARTS) is 1. The SMILES string of the molecule is CC(C)(C)OC(=O)NCCn1nnnc1SCC1=C(C(=O)O)N2C(=O)C(N)[C@@H]2SC1. The van der Waals surface area contributed by atoms with Gasteiger partial charge in [0, 0.05) is 18.1 Å². The van der Waals surface area contributed by atoms with Crippen LogP contribution in [-0.2, 0) is 20.9 Å². The first-order valence-electron chi connectivity index (χ1n) is 9.10. The third-order valence-corrected chi connectivity index (χ3v) is 6.56. The summed E-state index contributed by atoms with van der Waals surface area (Å²) in [5, 5.41) is 23.8. The molecule has 164 valence electrons. The first-order chi connectivity index (χ1) is 14.1. The van der Waals surface area contributed by atoms with Crippen LogP contribution in [0.5, 0.6) is 0 Å². The third-order valence-electron chi connectivity index (χ3n) is 4.16. The van der Waals surface area contributed by atoms with Crippen LogP contribution in [-0.4, -0.2) is 83.3 Å². The zero-order valence-electron chi connectivity index (χ0n) is 16.7. The Labute approximate surface area is 180 Å². The summed E-state index contributed by atoms with van der Waals surface area (Å²) in [7, 11) is 0. The standard InChI is InChI=1S/C16H23N7O5S2/c1-16(2,3)28-15(27)18-4-5-22-14(19-20-21-22)30-7-8-6-29-12-9(17)11(24)23(12)10(8)13(25)26/h9,12H,4-7,17H2,1-3H3,(H,18,27)(H,25,26)/t9?,12-/m0/s1. The van der Waals surface area contributed by atoms with Crippen LogP contribution in [0.1, 0.15) is 20.8 Å². The maximum atomic E-state index is 12.0. The number of aliphatic carboxylic acids is 1. The van der Waals surface area contributed by atoms with Gasteiger partial charge in [-0.2, -0.15) is 0 Å². The Hall–Kier alpha value is -2.32. The molecule has 3 rings (SSSR count). The van der Waals surface area contributed by atoms with Gasteiger partial charge in [0.2, 0.25) is 11.1 Å². The second-order valence-electron chi connectivity index (χ2n) is 7.59. The summed E-state index contributed by atoms with van der Waals surface area (Å²) < 4.78 is 6.67. The quantitative estimate of drug-likeness (QED) is 0.369. The van der Waals surface area contributed by atoms with Crippen molar-refractivity contribution in [1.29, 1.82) is 0 Å². The van der Waals surface area contributed by atoms with Gasteiger partial charge >= 0.3 is 12.1 Å². The molecule has 0 spiro atoms. The number of alkyl carbamates (subject to hydrolysis) is 1. The zero-order chi connectivity index (χ0) is 22.1. The van der Waals surface area contributed by atoms with E-state index in [1.165, 1.54) is 33.1 Å². The Balaban J connectivity index is 1.59. The van der Waals surface area contributed by atoms with Crippen LogP contribution in [0.2, 0.25) is 0 Å². The number of carbonyl (C=O) groups excluding carboxylic acids is 2. The number of tetrazole rings is 1. The van der Waals surface area contributed by atoms with Gasteiger partial charge in [0.1, 0.15) is 22.7 Å². The molecular formula is C16H23N7O5S2. The topological polar surface area (TPSA) is 166 Å².